The van der Waals surface area contributed by atoms with E-state index in [0.29, 0.717) is 0 Å². The third kappa shape index (κ3) is 2.53. The maximum absolute atomic E-state index is 12.5. The summed E-state index contributed by atoms with van der Waals surface area (Å²) in [6.45, 7) is 3.59. The Morgan fingerprint density at radius 1 is 1.67 bits per heavy atom. The van der Waals surface area contributed by atoms with Gasteiger partial charge in [-0.1, -0.05) is 13.8 Å². The highest BCUT2D eigenvalue weighted by atomic mass is 32.1. The number of aromatic nitrogens is 1. The molecule has 0 aliphatic carbocycles. The van der Waals surface area contributed by atoms with Crippen molar-refractivity contribution >= 4 is 11.3 Å². The van der Waals surface area contributed by atoms with Gasteiger partial charge in [-0.05, 0) is 0 Å². The number of hydrogen-bond acceptors (Lipinski definition) is 3. The van der Waals surface area contributed by atoms with E-state index in [9.17, 15) is 4.39 Å². The maximum Gasteiger partial charge on any atom is 0.110 e. The van der Waals surface area contributed by atoms with Crippen LogP contribution >= 0.6 is 11.3 Å². The van der Waals surface area contributed by atoms with Gasteiger partial charge in [0.15, 0.2) is 0 Å². The van der Waals surface area contributed by atoms with Crippen LogP contribution in [0, 0.1) is 0 Å². The van der Waals surface area contributed by atoms with E-state index in [1.807, 2.05) is 19.2 Å². The molecule has 1 aromatic heterocycles. The van der Waals surface area contributed by atoms with Crippen LogP contribution in [0.3, 0.4) is 0 Å². The van der Waals surface area contributed by atoms with Gasteiger partial charge in [-0.25, -0.2) is 9.37 Å². The van der Waals surface area contributed by atoms with Gasteiger partial charge in [-0.15, -0.1) is 11.3 Å². The van der Waals surface area contributed by atoms with Crippen molar-refractivity contribution in [1.29, 1.82) is 0 Å². The predicted octanol–water partition coefficient (Wildman–Crippen LogP) is 2.15. The lowest BCUT2D eigenvalue weighted by molar-refractivity contribution is 0.357. The molecule has 4 heteroatoms. The molecule has 1 N–H and O–H groups in total. The van der Waals surface area contributed by atoms with Crippen LogP contribution in [0.5, 0.6) is 0 Å². The van der Waals surface area contributed by atoms with Gasteiger partial charge < -0.3 is 5.32 Å². The van der Waals surface area contributed by atoms with Crippen molar-refractivity contribution in [3.63, 3.8) is 0 Å². The lowest BCUT2D eigenvalue weighted by Gasteiger charge is -2.15. The summed E-state index contributed by atoms with van der Waals surface area (Å²) >= 11 is 1.49. The number of alkyl halides is 1. The fourth-order valence-electron chi connectivity index (χ4n) is 1.01. The predicted molar refractivity (Wildman–Crippen MR) is 49.1 cm³/mol. The topological polar surface area (TPSA) is 24.9 Å². The van der Waals surface area contributed by atoms with E-state index in [1.54, 1.807) is 5.51 Å². The van der Waals surface area contributed by atoms with Crippen molar-refractivity contribution in [3.8, 4) is 0 Å². The first-order chi connectivity index (χ1) is 5.74. The minimum absolute atomic E-state index is 0.240. The van der Waals surface area contributed by atoms with Gasteiger partial charge in [0.2, 0.25) is 0 Å². The van der Waals surface area contributed by atoms with Crippen LogP contribution < -0.4 is 5.32 Å². The summed E-state index contributed by atoms with van der Waals surface area (Å²) in [7, 11) is 0. The Labute approximate surface area is 75.8 Å². The Morgan fingerprint density at radius 2 is 2.42 bits per heavy atom. The summed E-state index contributed by atoms with van der Waals surface area (Å²) in [6, 6.07) is 0.0451. The van der Waals surface area contributed by atoms with Gasteiger partial charge in [0.1, 0.15) is 6.67 Å². The highest BCUT2D eigenvalue weighted by molar-refractivity contribution is 7.07. The molecule has 0 aromatic carbocycles. The van der Waals surface area contributed by atoms with Crippen LogP contribution in [-0.4, -0.2) is 17.7 Å². The molecule has 1 unspecified atom stereocenters. The van der Waals surface area contributed by atoms with Gasteiger partial charge >= 0.3 is 0 Å². The maximum atomic E-state index is 12.5. The van der Waals surface area contributed by atoms with Crippen molar-refractivity contribution in [1.82, 2.24) is 10.3 Å². The van der Waals surface area contributed by atoms with Gasteiger partial charge in [0.25, 0.3) is 0 Å². The molecule has 0 fully saturated rings. The summed E-state index contributed by atoms with van der Waals surface area (Å²) in [4.78, 5) is 4.06. The fourth-order valence-corrected chi connectivity index (χ4v) is 1.61. The molecule has 0 saturated heterocycles. The number of nitrogens with zero attached hydrogens (tertiary/aromatic N) is 1. The molecule has 0 aliphatic rings. The van der Waals surface area contributed by atoms with Crippen LogP contribution in [0.25, 0.3) is 0 Å². The molecule has 1 atom stereocenters. The molecule has 1 rings (SSSR count). The summed E-state index contributed by atoms with van der Waals surface area (Å²) in [5.41, 5.74) is 2.52. The largest absolute Gasteiger partial charge is 0.304 e. The van der Waals surface area contributed by atoms with E-state index in [2.05, 4.69) is 10.3 Å². The van der Waals surface area contributed by atoms with Gasteiger partial charge in [0, 0.05) is 11.4 Å². The summed E-state index contributed by atoms with van der Waals surface area (Å²) in [5.74, 6) is 0. The van der Waals surface area contributed by atoms with E-state index < -0.39 is 6.67 Å². The quantitative estimate of drug-likeness (QED) is 0.783. The normalized spacial score (nSPS) is 13.7. The fraction of sp³-hybridized carbons (Fsp3) is 0.625. The standard InChI is InChI=1S/C8H13FN2S/c1-6(2)11-7(3-9)8-4-12-5-10-8/h4-7,11H,3H2,1-2H3. The monoisotopic (exact) mass is 188 g/mol. The molecule has 0 bridgehead atoms. The van der Waals surface area contributed by atoms with E-state index in [0.717, 1.165) is 5.69 Å². The average Bonchev–Trinajstić information content (AvgIpc) is 2.51. The molecule has 1 aromatic rings. The first kappa shape index (κ1) is 9.61. The molecular weight excluding hydrogens is 175 g/mol. The molecule has 2 nitrogen and oxygen atoms in total. The van der Waals surface area contributed by atoms with Crippen molar-refractivity contribution in [2.75, 3.05) is 6.67 Å². The van der Waals surface area contributed by atoms with Crippen LogP contribution in [0.15, 0.2) is 10.9 Å². The molecule has 12 heavy (non-hydrogen) atoms. The number of nitrogens with one attached hydrogen (secondary N) is 1. The average molecular weight is 188 g/mol. The number of thiazole rings is 1. The van der Waals surface area contributed by atoms with Gasteiger partial charge in [-0.3, -0.25) is 0 Å². The first-order valence-electron chi connectivity index (χ1n) is 3.94. The zero-order chi connectivity index (χ0) is 8.97. The van der Waals surface area contributed by atoms with Crippen LogP contribution in [0.4, 0.5) is 4.39 Å². The number of rotatable bonds is 4. The van der Waals surface area contributed by atoms with E-state index >= 15 is 0 Å². The third-order valence-electron chi connectivity index (χ3n) is 1.50. The second-order valence-corrected chi connectivity index (χ2v) is 3.66. The SMILES string of the molecule is CC(C)NC(CF)c1cscn1. The highest BCUT2D eigenvalue weighted by Crippen LogP contribution is 2.13. The van der Waals surface area contributed by atoms with E-state index in [4.69, 9.17) is 0 Å². The molecule has 0 radical (unpaired) electrons. The summed E-state index contributed by atoms with van der Waals surface area (Å²) in [5, 5.41) is 4.98. The Hall–Kier alpha value is -0.480. The van der Waals surface area contributed by atoms with Crippen molar-refractivity contribution in [3.05, 3.63) is 16.6 Å². The van der Waals surface area contributed by atoms with Crippen LogP contribution in [0.1, 0.15) is 25.6 Å². The Balaban J connectivity index is 2.57. The van der Waals surface area contributed by atoms with Crippen molar-refractivity contribution in [2.45, 2.75) is 25.9 Å². The number of halogens is 1. The smallest absolute Gasteiger partial charge is 0.110 e. The minimum Gasteiger partial charge on any atom is -0.304 e. The summed E-state index contributed by atoms with van der Waals surface area (Å²) < 4.78 is 12.5. The van der Waals surface area contributed by atoms with Gasteiger partial charge in [0.05, 0.1) is 17.2 Å². The van der Waals surface area contributed by atoms with E-state index in [1.165, 1.54) is 11.3 Å². The van der Waals surface area contributed by atoms with Crippen LogP contribution in [0.2, 0.25) is 0 Å². The Morgan fingerprint density at radius 3 is 2.83 bits per heavy atom. The number of hydrogen-bond donors (Lipinski definition) is 1. The molecule has 0 spiro atoms. The zero-order valence-electron chi connectivity index (χ0n) is 7.25. The Kier molecular flexibility index (Phi) is 3.62. The third-order valence-corrected chi connectivity index (χ3v) is 2.10. The second-order valence-electron chi connectivity index (χ2n) is 2.94. The lowest BCUT2D eigenvalue weighted by Crippen LogP contribution is -2.29. The molecule has 0 aliphatic heterocycles. The molecule has 0 amide bonds. The first-order valence-corrected chi connectivity index (χ1v) is 4.88. The summed E-state index contributed by atoms with van der Waals surface area (Å²) in [6.07, 6.45) is 0. The second kappa shape index (κ2) is 4.52. The molecule has 0 saturated carbocycles. The molecule has 1 heterocycles. The van der Waals surface area contributed by atoms with Crippen molar-refractivity contribution < 1.29 is 4.39 Å². The van der Waals surface area contributed by atoms with E-state index in [-0.39, 0.29) is 12.1 Å². The minimum atomic E-state index is -0.401. The molecular formula is C8H13FN2S. The zero-order valence-corrected chi connectivity index (χ0v) is 8.07. The van der Waals surface area contributed by atoms with Gasteiger partial charge in [-0.2, -0.15) is 0 Å². The highest BCUT2D eigenvalue weighted by Gasteiger charge is 2.13. The van der Waals surface area contributed by atoms with Crippen molar-refractivity contribution in [2.24, 2.45) is 0 Å². The Bertz CT molecular complexity index is 211. The molecule has 68 valence electrons. The van der Waals surface area contributed by atoms with Crippen LogP contribution in [-0.2, 0) is 0 Å². The lowest BCUT2D eigenvalue weighted by atomic mass is 10.2.